The van der Waals surface area contributed by atoms with Gasteiger partial charge >= 0.3 is 0 Å². The summed E-state index contributed by atoms with van der Waals surface area (Å²) in [5.41, 5.74) is 1.56. The standard InChI is InChI=1S/C16H31BrN4/c1-7-8-18-14(11-16(2,3)4)15-13(17)12-19-21(15)10-9-20(5)6/h12,14,18H,7-11H2,1-6H3. The minimum absolute atomic E-state index is 0.279. The maximum absolute atomic E-state index is 4.55. The molecule has 0 radical (unpaired) electrons. The first-order chi connectivity index (χ1) is 9.74. The molecule has 0 saturated heterocycles. The second-order valence-electron chi connectivity index (χ2n) is 7.18. The minimum Gasteiger partial charge on any atom is -0.309 e. The van der Waals surface area contributed by atoms with E-state index in [2.05, 4.69) is 77.7 Å². The molecule has 0 spiro atoms. The Morgan fingerprint density at radius 1 is 1.38 bits per heavy atom. The van der Waals surface area contributed by atoms with Crippen LogP contribution in [0.15, 0.2) is 10.7 Å². The van der Waals surface area contributed by atoms with Crippen molar-refractivity contribution >= 4 is 15.9 Å². The van der Waals surface area contributed by atoms with Crippen LogP contribution in [-0.2, 0) is 6.54 Å². The molecule has 0 saturated carbocycles. The zero-order valence-corrected chi connectivity index (χ0v) is 16.0. The SMILES string of the molecule is CCCNC(CC(C)(C)C)c1c(Br)cnn1CCN(C)C. The Hall–Kier alpha value is -0.390. The van der Waals surface area contributed by atoms with Gasteiger partial charge in [0.25, 0.3) is 0 Å². The summed E-state index contributed by atoms with van der Waals surface area (Å²) in [6.45, 7) is 12.0. The van der Waals surface area contributed by atoms with E-state index in [-0.39, 0.29) is 5.41 Å². The fourth-order valence-electron chi connectivity index (χ4n) is 2.39. The average molecular weight is 359 g/mol. The third kappa shape index (κ3) is 6.49. The molecule has 0 aliphatic rings. The molecule has 1 N–H and O–H groups in total. The van der Waals surface area contributed by atoms with Gasteiger partial charge in [0.05, 0.1) is 29.0 Å². The minimum atomic E-state index is 0.279. The predicted octanol–water partition coefficient (Wildman–Crippen LogP) is 3.68. The highest BCUT2D eigenvalue weighted by Gasteiger charge is 2.25. The highest BCUT2D eigenvalue weighted by Crippen LogP contribution is 2.33. The van der Waals surface area contributed by atoms with Crippen LogP contribution >= 0.6 is 15.9 Å². The van der Waals surface area contributed by atoms with Crippen LogP contribution in [0.5, 0.6) is 0 Å². The molecular weight excluding hydrogens is 328 g/mol. The van der Waals surface area contributed by atoms with Gasteiger partial charge in [-0.05, 0) is 54.8 Å². The van der Waals surface area contributed by atoms with Crippen LogP contribution in [0.4, 0.5) is 0 Å². The van der Waals surface area contributed by atoms with Crippen LogP contribution in [0.25, 0.3) is 0 Å². The first-order valence-electron chi connectivity index (χ1n) is 7.84. The van der Waals surface area contributed by atoms with Crippen LogP contribution in [0, 0.1) is 5.41 Å². The van der Waals surface area contributed by atoms with Crippen molar-refractivity contribution in [3.8, 4) is 0 Å². The third-order valence-corrected chi connectivity index (χ3v) is 3.99. The largest absolute Gasteiger partial charge is 0.309 e. The maximum atomic E-state index is 4.55. The van der Waals surface area contributed by atoms with Gasteiger partial charge in [-0.1, -0.05) is 27.7 Å². The van der Waals surface area contributed by atoms with Gasteiger partial charge in [-0.15, -0.1) is 0 Å². The molecule has 4 nitrogen and oxygen atoms in total. The third-order valence-electron chi connectivity index (χ3n) is 3.38. The van der Waals surface area contributed by atoms with Crippen LogP contribution in [-0.4, -0.2) is 41.9 Å². The molecule has 1 aromatic heterocycles. The van der Waals surface area contributed by atoms with Crippen LogP contribution in [0.1, 0.15) is 52.3 Å². The van der Waals surface area contributed by atoms with Crippen LogP contribution in [0.3, 0.4) is 0 Å². The number of likely N-dealkylation sites (N-methyl/N-ethyl adjacent to an activating group) is 1. The first kappa shape index (κ1) is 18.7. The lowest BCUT2D eigenvalue weighted by molar-refractivity contribution is 0.295. The molecule has 0 aromatic carbocycles. The van der Waals surface area contributed by atoms with Gasteiger partial charge in [-0.3, -0.25) is 4.68 Å². The second-order valence-corrected chi connectivity index (χ2v) is 8.03. The molecule has 0 aliphatic heterocycles. The molecule has 0 aliphatic carbocycles. The van der Waals surface area contributed by atoms with Gasteiger partial charge in [0.15, 0.2) is 0 Å². The van der Waals surface area contributed by atoms with Gasteiger partial charge < -0.3 is 10.2 Å². The molecule has 5 heteroatoms. The van der Waals surface area contributed by atoms with E-state index in [1.54, 1.807) is 0 Å². The van der Waals surface area contributed by atoms with Crippen molar-refractivity contribution in [3.63, 3.8) is 0 Å². The molecule has 1 atom stereocenters. The second kappa shape index (κ2) is 8.30. The quantitative estimate of drug-likeness (QED) is 0.769. The predicted molar refractivity (Wildman–Crippen MR) is 93.6 cm³/mol. The van der Waals surface area contributed by atoms with Crippen molar-refractivity contribution in [2.75, 3.05) is 27.2 Å². The van der Waals surface area contributed by atoms with Crippen molar-refractivity contribution in [1.82, 2.24) is 20.0 Å². The Labute approximate surface area is 138 Å². The van der Waals surface area contributed by atoms with Gasteiger partial charge in [0, 0.05) is 6.54 Å². The highest BCUT2D eigenvalue weighted by atomic mass is 79.9. The molecular formula is C16H31BrN4. The molecule has 122 valence electrons. The van der Waals surface area contributed by atoms with E-state index < -0.39 is 0 Å². The van der Waals surface area contributed by atoms with Crippen molar-refractivity contribution < 1.29 is 0 Å². The van der Waals surface area contributed by atoms with Crippen molar-refractivity contribution in [2.24, 2.45) is 5.41 Å². The molecule has 1 unspecified atom stereocenters. The van der Waals surface area contributed by atoms with Crippen molar-refractivity contribution in [1.29, 1.82) is 0 Å². The van der Waals surface area contributed by atoms with E-state index in [9.17, 15) is 0 Å². The number of hydrogen-bond acceptors (Lipinski definition) is 3. The van der Waals surface area contributed by atoms with Gasteiger partial charge in [-0.25, -0.2) is 0 Å². The van der Waals surface area contributed by atoms with E-state index in [1.165, 1.54) is 5.69 Å². The summed E-state index contributed by atoms with van der Waals surface area (Å²) in [5.74, 6) is 0. The summed E-state index contributed by atoms with van der Waals surface area (Å²) in [4.78, 5) is 2.19. The Kier molecular flexibility index (Phi) is 7.37. The summed E-state index contributed by atoms with van der Waals surface area (Å²) in [6, 6.07) is 0.337. The van der Waals surface area contributed by atoms with Crippen LogP contribution in [0.2, 0.25) is 0 Å². The van der Waals surface area contributed by atoms with Crippen LogP contribution < -0.4 is 5.32 Å². The fourth-order valence-corrected chi connectivity index (χ4v) is 2.96. The number of nitrogens with zero attached hydrogens (tertiary/aromatic N) is 3. The lowest BCUT2D eigenvalue weighted by Gasteiger charge is -2.28. The number of rotatable bonds is 8. The summed E-state index contributed by atoms with van der Waals surface area (Å²) in [7, 11) is 4.19. The molecule has 0 bridgehead atoms. The topological polar surface area (TPSA) is 33.1 Å². The highest BCUT2D eigenvalue weighted by molar-refractivity contribution is 9.10. The number of nitrogens with one attached hydrogen (secondary N) is 1. The molecule has 0 amide bonds. The molecule has 1 aromatic rings. The first-order valence-corrected chi connectivity index (χ1v) is 8.63. The van der Waals surface area contributed by atoms with E-state index in [4.69, 9.17) is 0 Å². The Bertz CT molecular complexity index is 420. The zero-order valence-electron chi connectivity index (χ0n) is 14.4. The lowest BCUT2D eigenvalue weighted by atomic mass is 9.87. The molecule has 0 fully saturated rings. The van der Waals surface area contributed by atoms with E-state index >= 15 is 0 Å². The summed E-state index contributed by atoms with van der Waals surface area (Å²) in [5, 5.41) is 8.24. The van der Waals surface area contributed by atoms with E-state index in [0.29, 0.717) is 6.04 Å². The van der Waals surface area contributed by atoms with E-state index in [1.807, 2.05) is 6.20 Å². The van der Waals surface area contributed by atoms with Gasteiger partial charge in [0.2, 0.25) is 0 Å². The molecule has 21 heavy (non-hydrogen) atoms. The summed E-state index contributed by atoms with van der Waals surface area (Å²) < 4.78 is 3.25. The molecule has 1 rings (SSSR count). The average Bonchev–Trinajstić information content (AvgIpc) is 2.72. The van der Waals surface area contributed by atoms with Crippen molar-refractivity contribution in [3.05, 3.63) is 16.4 Å². The van der Waals surface area contributed by atoms with Crippen molar-refractivity contribution in [2.45, 2.75) is 53.1 Å². The Morgan fingerprint density at radius 3 is 2.57 bits per heavy atom. The monoisotopic (exact) mass is 358 g/mol. The number of hydrogen-bond donors (Lipinski definition) is 1. The van der Waals surface area contributed by atoms with E-state index in [0.717, 1.165) is 36.9 Å². The number of halogens is 1. The van der Waals surface area contributed by atoms with Gasteiger partial charge in [-0.2, -0.15) is 5.10 Å². The normalized spacial score (nSPS) is 13.9. The lowest BCUT2D eigenvalue weighted by Crippen LogP contribution is -2.30. The zero-order chi connectivity index (χ0) is 16.0. The fraction of sp³-hybridized carbons (Fsp3) is 0.812. The number of aromatic nitrogens is 2. The smallest absolute Gasteiger partial charge is 0.0696 e. The van der Waals surface area contributed by atoms with Gasteiger partial charge in [0.1, 0.15) is 0 Å². The Morgan fingerprint density at radius 2 is 2.05 bits per heavy atom. The Balaban J connectivity index is 2.96. The molecule has 1 heterocycles. The summed E-state index contributed by atoms with van der Waals surface area (Å²) >= 11 is 3.69. The summed E-state index contributed by atoms with van der Waals surface area (Å²) in [6.07, 6.45) is 4.16. The maximum Gasteiger partial charge on any atom is 0.0696 e.